The van der Waals surface area contributed by atoms with Gasteiger partial charge in [0, 0.05) is 18.2 Å². The van der Waals surface area contributed by atoms with Crippen LogP contribution in [0.1, 0.15) is 40.0 Å². The zero-order valence-electron chi connectivity index (χ0n) is 20.0. The van der Waals surface area contributed by atoms with Crippen molar-refractivity contribution < 1.29 is 19.6 Å². The fourth-order valence-corrected chi connectivity index (χ4v) is 3.41. The number of benzene rings is 3. The van der Waals surface area contributed by atoms with E-state index in [1.54, 1.807) is 24.3 Å². The third kappa shape index (κ3) is 8.19. The van der Waals surface area contributed by atoms with E-state index < -0.39 is 17.9 Å². The molecule has 0 heterocycles. The predicted octanol–water partition coefficient (Wildman–Crippen LogP) is 2.93. The average molecular weight is 487 g/mol. The van der Waals surface area contributed by atoms with E-state index in [0.29, 0.717) is 5.56 Å². The van der Waals surface area contributed by atoms with Gasteiger partial charge in [-0.1, -0.05) is 84.9 Å². The second kappa shape index (κ2) is 13.6. The zero-order chi connectivity index (χ0) is 25.8. The molecule has 0 radical (unpaired) electrons. The van der Waals surface area contributed by atoms with Crippen LogP contribution in [0.5, 0.6) is 0 Å². The van der Waals surface area contributed by atoms with Gasteiger partial charge in [0.05, 0.1) is 6.54 Å². The highest BCUT2D eigenvalue weighted by Crippen LogP contribution is 2.11. The molecule has 0 spiro atoms. The topological polar surface area (TPSA) is 120 Å². The molecule has 0 unspecified atom stereocenters. The summed E-state index contributed by atoms with van der Waals surface area (Å²) in [5, 5.41) is 17.3. The van der Waals surface area contributed by atoms with Crippen LogP contribution in [0, 0.1) is 0 Å². The van der Waals surface area contributed by atoms with Gasteiger partial charge < -0.3 is 16.0 Å². The fourth-order valence-electron chi connectivity index (χ4n) is 3.41. The minimum Gasteiger partial charge on any atom is -0.352 e. The maximum Gasteiger partial charge on any atom is 0.267 e. The van der Waals surface area contributed by atoms with Crippen LogP contribution in [-0.2, 0) is 9.59 Å². The largest absolute Gasteiger partial charge is 0.352 e. The van der Waals surface area contributed by atoms with Crippen LogP contribution < -0.4 is 21.4 Å². The summed E-state index contributed by atoms with van der Waals surface area (Å²) in [6.45, 7) is 1.78. The lowest BCUT2D eigenvalue weighted by Gasteiger charge is -2.18. The van der Waals surface area contributed by atoms with Crippen molar-refractivity contribution >= 4 is 29.9 Å². The summed E-state index contributed by atoms with van der Waals surface area (Å²) < 4.78 is 0. The molecular formula is C28H30N4O4. The average Bonchev–Trinajstić information content (AvgIpc) is 2.93. The van der Waals surface area contributed by atoms with E-state index in [1.807, 2.05) is 79.7 Å². The molecule has 0 bridgehead atoms. The van der Waals surface area contributed by atoms with Gasteiger partial charge in [-0.15, -0.1) is 0 Å². The Bertz CT molecular complexity index is 1170. The van der Waals surface area contributed by atoms with Crippen LogP contribution >= 0.6 is 0 Å². The molecule has 0 aliphatic heterocycles. The van der Waals surface area contributed by atoms with Crippen LogP contribution in [0.25, 0.3) is 12.2 Å². The number of amides is 3. The van der Waals surface area contributed by atoms with Crippen molar-refractivity contribution in [2.45, 2.75) is 19.0 Å². The van der Waals surface area contributed by atoms with Crippen LogP contribution in [0.3, 0.4) is 0 Å². The molecule has 3 aromatic carbocycles. The van der Waals surface area contributed by atoms with E-state index in [1.165, 1.54) is 5.48 Å². The van der Waals surface area contributed by atoms with Gasteiger partial charge in [-0.3, -0.25) is 19.6 Å². The molecule has 36 heavy (non-hydrogen) atoms. The molecule has 0 saturated heterocycles. The van der Waals surface area contributed by atoms with Crippen LogP contribution in [0.4, 0.5) is 0 Å². The first-order valence-electron chi connectivity index (χ1n) is 11.6. The van der Waals surface area contributed by atoms with E-state index in [-0.39, 0.29) is 25.0 Å². The lowest BCUT2D eigenvalue weighted by atomic mass is 10.1. The molecule has 3 amide bonds. The minimum atomic E-state index is -1.16. The first-order chi connectivity index (χ1) is 17.5. The van der Waals surface area contributed by atoms with Gasteiger partial charge in [-0.25, -0.2) is 5.48 Å². The highest BCUT2D eigenvalue weighted by Gasteiger charge is 2.22. The molecule has 0 aliphatic carbocycles. The van der Waals surface area contributed by atoms with Crippen LogP contribution in [0.15, 0.2) is 84.9 Å². The van der Waals surface area contributed by atoms with Crippen LogP contribution in [-0.4, -0.2) is 42.1 Å². The number of rotatable bonds is 11. The van der Waals surface area contributed by atoms with Gasteiger partial charge in [0.15, 0.2) is 0 Å². The highest BCUT2D eigenvalue weighted by atomic mass is 16.5. The van der Waals surface area contributed by atoms with E-state index in [4.69, 9.17) is 5.21 Å². The molecule has 0 saturated carbocycles. The lowest BCUT2D eigenvalue weighted by molar-refractivity contribution is -0.131. The maximum absolute atomic E-state index is 12.7. The van der Waals surface area contributed by atoms with Crippen molar-refractivity contribution in [1.82, 2.24) is 21.4 Å². The standard InChI is InChI=1S/C28H30N4O4/c1-20(23-10-6-3-7-11-23)29-19-26(33)30-18-25(28(35)32-36)31-27(34)24-16-14-22(15-17-24)13-12-21-8-4-2-5-9-21/h2-17,20,25,29,36H,18-19H2,1H3,(H,30,33)(H,31,34)(H,32,35)/b13-12+/t20-,25-/m0/s1. The number of carbonyl (C=O) groups is 3. The Morgan fingerprint density at radius 1 is 0.833 bits per heavy atom. The summed E-state index contributed by atoms with van der Waals surface area (Å²) in [6, 6.07) is 25.2. The van der Waals surface area contributed by atoms with Crippen molar-refractivity contribution in [1.29, 1.82) is 0 Å². The summed E-state index contributed by atoms with van der Waals surface area (Å²) in [6.07, 6.45) is 3.90. The molecule has 0 aromatic heterocycles. The van der Waals surface area contributed by atoms with Crippen molar-refractivity contribution in [3.63, 3.8) is 0 Å². The normalized spacial score (nSPS) is 12.5. The van der Waals surface area contributed by atoms with Gasteiger partial charge in [0.25, 0.3) is 11.8 Å². The maximum atomic E-state index is 12.7. The Morgan fingerprint density at radius 3 is 2.03 bits per heavy atom. The number of hydroxylamine groups is 1. The van der Waals surface area contributed by atoms with Gasteiger partial charge in [-0.2, -0.15) is 0 Å². The summed E-state index contributed by atoms with van der Waals surface area (Å²) in [7, 11) is 0. The van der Waals surface area contributed by atoms with Crippen molar-refractivity contribution in [3.8, 4) is 0 Å². The molecule has 0 aliphatic rings. The van der Waals surface area contributed by atoms with Crippen molar-refractivity contribution in [2.24, 2.45) is 0 Å². The zero-order valence-corrected chi connectivity index (χ0v) is 20.0. The van der Waals surface area contributed by atoms with E-state index in [9.17, 15) is 14.4 Å². The summed E-state index contributed by atoms with van der Waals surface area (Å²) in [4.78, 5) is 37.0. The van der Waals surface area contributed by atoms with Gasteiger partial charge >= 0.3 is 0 Å². The number of hydrogen-bond donors (Lipinski definition) is 5. The van der Waals surface area contributed by atoms with Crippen LogP contribution in [0.2, 0.25) is 0 Å². The van der Waals surface area contributed by atoms with Gasteiger partial charge in [-0.05, 0) is 35.7 Å². The predicted molar refractivity (Wildman–Crippen MR) is 139 cm³/mol. The Hall–Kier alpha value is -4.27. The van der Waals surface area contributed by atoms with Crippen molar-refractivity contribution in [3.05, 3.63) is 107 Å². The molecule has 3 rings (SSSR count). The quantitative estimate of drug-likeness (QED) is 0.162. The van der Waals surface area contributed by atoms with E-state index in [2.05, 4.69) is 16.0 Å². The van der Waals surface area contributed by atoms with Gasteiger partial charge in [0.2, 0.25) is 5.91 Å². The third-order valence-corrected chi connectivity index (χ3v) is 5.54. The molecule has 8 heteroatoms. The molecule has 5 N–H and O–H groups in total. The summed E-state index contributed by atoms with van der Waals surface area (Å²) in [5.74, 6) is -1.69. The third-order valence-electron chi connectivity index (χ3n) is 5.54. The molecule has 2 atom stereocenters. The monoisotopic (exact) mass is 486 g/mol. The summed E-state index contributed by atoms with van der Waals surface area (Å²) >= 11 is 0. The second-order valence-corrected chi connectivity index (χ2v) is 8.19. The van der Waals surface area contributed by atoms with E-state index in [0.717, 1.165) is 16.7 Å². The molecular weight excluding hydrogens is 456 g/mol. The molecule has 186 valence electrons. The Morgan fingerprint density at radius 2 is 1.42 bits per heavy atom. The highest BCUT2D eigenvalue weighted by molar-refractivity contribution is 5.97. The van der Waals surface area contributed by atoms with Crippen molar-refractivity contribution in [2.75, 3.05) is 13.1 Å². The summed E-state index contributed by atoms with van der Waals surface area (Å²) in [5.41, 5.74) is 4.87. The number of nitrogens with one attached hydrogen (secondary N) is 4. The Labute approximate surface area is 210 Å². The minimum absolute atomic E-state index is 0.0232. The Balaban J connectivity index is 1.51. The molecule has 8 nitrogen and oxygen atoms in total. The number of carbonyl (C=O) groups excluding carboxylic acids is 3. The molecule has 3 aromatic rings. The van der Waals surface area contributed by atoms with E-state index >= 15 is 0 Å². The SMILES string of the molecule is C[C@H](NCC(=O)NC[C@H](NC(=O)c1ccc(/C=C/c2ccccc2)cc1)C(=O)NO)c1ccccc1. The first kappa shape index (κ1) is 26.3. The van der Waals surface area contributed by atoms with Gasteiger partial charge in [0.1, 0.15) is 6.04 Å². The lowest BCUT2D eigenvalue weighted by Crippen LogP contribution is -2.52. The second-order valence-electron chi connectivity index (χ2n) is 8.19. The molecule has 0 fully saturated rings. The Kier molecular flexibility index (Phi) is 9.93. The first-order valence-corrected chi connectivity index (χ1v) is 11.6. The fraction of sp³-hybridized carbons (Fsp3) is 0.179. The smallest absolute Gasteiger partial charge is 0.267 e. The number of hydrogen-bond acceptors (Lipinski definition) is 5.